The summed E-state index contributed by atoms with van der Waals surface area (Å²) in [6.45, 7) is 4.39. The van der Waals surface area contributed by atoms with Crippen molar-refractivity contribution in [1.82, 2.24) is 4.98 Å². The summed E-state index contributed by atoms with van der Waals surface area (Å²) in [6.07, 6.45) is 5.08. The van der Waals surface area contributed by atoms with Crippen molar-refractivity contribution in [3.05, 3.63) is 46.4 Å². The van der Waals surface area contributed by atoms with Crippen LogP contribution < -0.4 is 5.32 Å². The van der Waals surface area contributed by atoms with Crippen LogP contribution >= 0.6 is 11.3 Å². The largest absolute Gasteiger partial charge is 0.377 e. The number of rotatable bonds is 7. The molecular formula is C16H22N2S. The van der Waals surface area contributed by atoms with Crippen molar-refractivity contribution in [2.45, 2.75) is 45.6 Å². The van der Waals surface area contributed by atoms with Crippen molar-refractivity contribution >= 4 is 17.0 Å². The summed E-state index contributed by atoms with van der Waals surface area (Å²) in [5, 5.41) is 5.58. The van der Waals surface area contributed by atoms with Crippen LogP contribution in [0, 0.1) is 0 Å². The zero-order valence-electron chi connectivity index (χ0n) is 11.7. The fourth-order valence-electron chi connectivity index (χ4n) is 2.11. The molecule has 2 rings (SSSR count). The van der Waals surface area contributed by atoms with E-state index in [1.165, 1.54) is 36.9 Å². The minimum Gasteiger partial charge on any atom is -0.377 e. The number of aryl methyl sites for hydroxylation is 1. The van der Waals surface area contributed by atoms with Crippen molar-refractivity contribution in [1.29, 1.82) is 0 Å². The van der Waals surface area contributed by atoms with Gasteiger partial charge in [-0.05, 0) is 37.5 Å². The van der Waals surface area contributed by atoms with Gasteiger partial charge in [0.15, 0.2) is 0 Å². The lowest BCUT2D eigenvalue weighted by molar-refractivity contribution is 0.717. The summed E-state index contributed by atoms with van der Waals surface area (Å²) in [4.78, 5) is 4.34. The Bertz CT molecular complexity index is 462. The maximum absolute atomic E-state index is 4.34. The van der Waals surface area contributed by atoms with Crippen LogP contribution in [0.15, 0.2) is 35.2 Å². The zero-order valence-corrected chi connectivity index (χ0v) is 12.5. The molecule has 1 aromatic heterocycles. The fraction of sp³-hybridized carbons (Fsp3) is 0.438. The normalized spacial score (nSPS) is 12.3. The first-order valence-electron chi connectivity index (χ1n) is 7.03. The Labute approximate surface area is 119 Å². The molecule has 0 aliphatic rings. The van der Waals surface area contributed by atoms with E-state index < -0.39 is 0 Å². The van der Waals surface area contributed by atoms with Crippen LogP contribution in [-0.4, -0.2) is 4.98 Å². The second-order valence-electron chi connectivity index (χ2n) is 4.93. The molecule has 0 saturated carbocycles. The van der Waals surface area contributed by atoms with Crippen LogP contribution in [0.3, 0.4) is 0 Å². The molecule has 1 atom stereocenters. The molecule has 2 nitrogen and oxygen atoms in total. The molecule has 1 heterocycles. The first-order valence-corrected chi connectivity index (χ1v) is 7.97. The molecule has 0 saturated heterocycles. The van der Waals surface area contributed by atoms with Crippen molar-refractivity contribution in [3.63, 3.8) is 0 Å². The molecule has 0 spiro atoms. The number of nitrogens with zero attached hydrogens (tertiary/aromatic N) is 1. The van der Waals surface area contributed by atoms with E-state index in [-0.39, 0.29) is 6.04 Å². The van der Waals surface area contributed by atoms with E-state index in [4.69, 9.17) is 0 Å². The smallest absolute Gasteiger partial charge is 0.0795 e. The van der Waals surface area contributed by atoms with E-state index in [0.29, 0.717) is 0 Å². The lowest BCUT2D eigenvalue weighted by Crippen LogP contribution is -2.06. The lowest BCUT2D eigenvalue weighted by Gasteiger charge is -2.13. The van der Waals surface area contributed by atoms with Crippen molar-refractivity contribution in [2.24, 2.45) is 0 Å². The number of aromatic nitrogens is 1. The molecule has 0 radical (unpaired) electrons. The van der Waals surface area contributed by atoms with Gasteiger partial charge in [-0.25, -0.2) is 4.98 Å². The second kappa shape index (κ2) is 7.29. The van der Waals surface area contributed by atoms with Gasteiger partial charge < -0.3 is 5.32 Å². The average molecular weight is 274 g/mol. The molecule has 102 valence electrons. The third kappa shape index (κ3) is 4.35. The number of thiazole rings is 1. The van der Waals surface area contributed by atoms with E-state index in [9.17, 15) is 0 Å². The summed E-state index contributed by atoms with van der Waals surface area (Å²) in [6, 6.07) is 9.06. The Morgan fingerprint density at radius 2 is 2.00 bits per heavy atom. The highest BCUT2D eigenvalue weighted by Gasteiger charge is 2.06. The van der Waals surface area contributed by atoms with Gasteiger partial charge in [0, 0.05) is 11.1 Å². The third-order valence-corrected chi connectivity index (χ3v) is 3.91. The number of hydrogen-bond donors (Lipinski definition) is 1. The van der Waals surface area contributed by atoms with E-state index >= 15 is 0 Å². The van der Waals surface area contributed by atoms with Gasteiger partial charge in [0.2, 0.25) is 0 Å². The lowest BCUT2D eigenvalue weighted by atomic mass is 10.1. The maximum atomic E-state index is 4.34. The van der Waals surface area contributed by atoms with Gasteiger partial charge in [-0.15, -0.1) is 11.3 Å². The Morgan fingerprint density at radius 1 is 1.21 bits per heavy atom. The minimum absolute atomic E-state index is 0.261. The van der Waals surface area contributed by atoms with Crippen LogP contribution in [0.1, 0.15) is 50.4 Å². The van der Waals surface area contributed by atoms with Crippen LogP contribution in [0.4, 0.5) is 5.69 Å². The van der Waals surface area contributed by atoms with Crippen LogP contribution in [-0.2, 0) is 6.42 Å². The van der Waals surface area contributed by atoms with Gasteiger partial charge in [-0.2, -0.15) is 0 Å². The Kier molecular flexibility index (Phi) is 5.40. The fourth-order valence-corrected chi connectivity index (χ4v) is 2.75. The van der Waals surface area contributed by atoms with Gasteiger partial charge in [-0.3, -0.25) is 0 Å². The monoisotopic (exact) mass is 274 g/mol. The third-order valence-electron chi connectivity index (χ3n) is 3.30. The van der Waals surface area contributed by atoms with Crippen LogP contribution in [0.5, 0.6) is 0 Å². The van der Waals surface area contributed by atoms with Crippen LogP contribution in [0.25, 0.3) is 0 Å². The molecule has 3 heteroatoms. The number of unbranched alkanes of at least 4 members (excludes halogenated alkanes) is 2. The molecule has 0 fully saturated rings. The van der Waals surface area contributed by atoms with Crippen molar-refractivity contribution in [2.75, 3.05) is 5.32 Å². The van der Waals surface area contributed by atoms with Gasteiger partial charge in [0.05, 0.1) is 17.2 Å². The summed E-state index contributed by atoms with van der Waals surface area (Å²) in [5.41, 5.74) is 5.58. The molecule has 19 heavy (non-hydrogen) atoms. The Morgan fingerprint density at radius 3 is 2.63 bits per heavy atom. The molecule has 1 aromatic carbocycles. The quantitative estimate of drug-likeness (QED) is 0.715. The first-order chi connectivity index (χ1) is 9.29. The molecular weight excluding hydrogens is 252 g/mol. The number of hydrogen-bond acceptors (Lipinski definition) is 3. The van der Waals surface area contributed by atoms with E-state index in [1.54, 1.807) is 11.3 Å². The SMILES string of the molecule is CCCCCc1ccc(NC(C)c2cscn2)cc1. The number of anilines is 1. The maximum Gasteiger partial charge on any atom is 0.0795 e. The Balaban J connectivity index is 1.88. The predicted octanol–water partition coefficient (Wildman–Crippen LogP) is 5.05. The van der Waals surface area contributed by atoms with Gasteiger partial charge >= 0.3 is 0 Å². The second-order valence-corrected chi connectivity index (χ2v) is 5.65. The summed E-state index contributed by atoms with van der Waals surface area (Å²) in [7, 11) is 0. The molecule has 0 bridgehead atoms. The molecule has 0 aliphatic carbocycles. The number of nitrogens with one attached hydrogen (secondary N) is 1. The Hall–Kier alpha value is -1.35. The van der Waals surface area contributed by atoms with Gasteiger partial charge in [0.25, 0.3) is 0 Å². The van der Waals surface area contributed by atoms with E-state index in [0.717, 1.165) is 5.69 Å². The minimum atomic E-state index is 0.261. The topological polar surface area (TPSA) is 24.9 Å². The molecule has 0 aliphatic heterocycles. The highest BCUT2D eigenvalue weighted by molar-refractivity contribution is 7.07. The highest BCUT2D eigenvalue weighted by atomic mass is 32.1. The first kappa shape index (κ1) is 14.1. The molecule has 1 N–H and O–H groups in total. The van der Waals surface area contributed by atoms with Gasteiger partial charge in [0.1, 0.15) is 0 Å². The van der Waals surface area contributed by atoms with E-state index in [2.05, 4.69) is 53.8 Å². The summed E-state index contributed by atoms with van der Waals surface area (Å²) >= 11 is 1.64. The number of benzene rings is 1. The van der Waals surface area contributed by atoms with Gasteiger partial charge in [-0.1, -0.05) is 31.9 Å². The average Bonchev–Trinajstić information content (AvgIpc) is 2.95. The van der Waals surface area contributed by atoms with Crippen molar-refractivity contribution in [3.8, 4) is 0 Å². The van der Waals surface area contributed by atoms with E-state index in [1.807, 2.05) is 5.51 Å². The zero-order chi connectivity index (χ0) is 13.5. The standard InChI is InChI=1S/C16H22N2S/c1-3-4-5-6-14-7-9-15(10-8-14)18-13(2)16-11-19-12-17-16/h7-13,18H,3-6H2,1-2H3. The predicted molar refractivity (Wildman–Crippen MR) is 83.8 cm³/mol. The van der Waals surface area contributed by atoms with Crippen molar-refractivity contribution < 1.29 is 0 Å². The summed E-state index contributed by atoms with van der Waals surface area (Å²) < 4.78 is 0. The summed E-state index contributed by atoms with van der Waals surface area (Å²) in [5.74, 6) is 0. The molecule has 0 amide bonds. The van der Waals surface area contributed by atoms with Crippen LogP contribution in [0.2, 0.25) is 0 Å². The molecule has 2 aromatic rings. The highest BCUT2D eigenvalue weighted by Crippen LogP contribution is 2.19. The molecule has 1 unspecified atom stereocenters.